The van der Waals surface area contributed by atoms with Crippen LogP contribution in [0.5, 0.6) is 5.75 Å². The number of carbonyl (C=O) groups is 1. The van der Waals surface area contributed by atoms with Crippen molar-refractivity contribution in [2.24, 2.45) is 13.0 Å². The minimum absolute atomic E-state index is 0.269. The lowest BCUT2D eigenvalue weighted by molar-refractivity contribution is 0.101. The van der Waals surface area contributed by atoms with Crippen LogP contribution in [0.1, 0.15) is 30.0 Å². The predicted octanol–water partition coefficient (Wildman–Crippen LogP) is 2.42. The highest BCUT2D eigenvalue weighted by Gasteiger charge is 2.18. The number of nitrogens with zero attached hydrogens (tertiary/aromatic N) is 4. The third-order valence-corrected chi connectivity index (χ3v) is 3.63. The van der Waals surface area contributed by atoms with Crippen LogP contribution in [-0.2, 0) is 13.5 Å². The Hall–Kier alpha value is -2.90. The van der Waals surface area contributed by atoms with Gasteiger partial charge in [0.05, 0.1) is 18.5 Å². The number of fused-ring (bicyclic) bond motifs is 1. The molecule has 0 aliphatic heterocycles. The van der Waals surface area contributed by atoms with E-state index < -0.39 is 0 Å². The molecule has 0 spiro atoms. The summed E-state index contributed by atoms with van der Waals surface area (Å²) in [5.41, 5.74) is 2.77. The number of ether oxygens (including phenoxy) is 1. The Labute approximate surface area is 138 Å². The highest BCUT2D eigenvalue weighted by molar-refractivity contribution is 6.07. The van der Waals surface area contributed by atoms with Crippen molar-refractivity contribution >= 4 is 22.6 Å². The molecule has 0 atom stereocenters. The van der Waals surface area contributed by atoms with Crippen molar-refractivity contribution in [3.63, 3.8) is 0 Å². The molecule has 3 aromatic rings. The van der Waals surface area contributed by atoms with Crippen molar-refractivity contribution < 1.29 is 14.2 Å². The fraction of sp³-hybridized carbons (Fsp3) is 0.375. The molecule has 0 bridgehead atoms. The third kappa shape index (κ3) is 2.94. The zero-order valence-corrected chi connectivity index (χ0v) is 14.0. The number of hydrogen-bond donors (Lipinski definition) is 1. The smallest absolute Gasteiger partial charge is 0.273 e. The molecule has 1 N–H and O–H groups in total. The van der Waals surface area contributed by atoms with Crippen LogP contribution in [0, 0.1) is 5.92 Å². The number of benzene rings is 1. The van der Waals surface area contributed by atoms with Crippen molar-refractivity contribution in [1.82, 2.24) is 20.1 Å². The average molecular weight is 329 g/mol. The maximum absolute atomic E-state index is 12.6. The second-order valence-electron chi connectivity index (χ2n) is 5.97. The average Bonchev–Trinajstić information content (AvgIpc) is 3.14. The van der Waals surface area contributed by atoms with E-state index >= 15 is 0 Å². The Bertz CT molecular complexity index is 881. The summed E-state index contributed by atoms with van der Waals surface area (Å²) in [6, 6.07) is 5.21. The van der Waals surface area contributed by atoms with E-state index in [9.17, 15) is 4.79 Å². The van der Waals surface area contributed by atoms with Crippen LogP contribution in [0.4, 0.5) is 5.69 Å². The molecule has 24 heavy (non-hydrogen) atoms. The Morgan fingerprint density at radius 2 is 2.08 bits per heavy atom. The fourth-order valence-electron chi connectivity index (χ4n) is 2.55. The van der Waals surface area contributed by atoms with Gasteiger partial charge in [-0.15, -0.1) is 0 Å². The second kappa shape index (κ2) is 6.31. The van der Waals surface area contributed by atoms with E-state index in [4.69, 9.17) is 9.37 Å². The van der Waals surface area contributed by atoms with Crippen LogP contribution in [-0.4, -0.2) is 33.1 Å². The van der Waals surface area contributed by atoms with Crippen molar-refractivity contribution in [2.45, 2.75) is 20.3 Å². The first-order chi connectivity index (χ1) is 11.5. The van der Waals surface area contributed by atoms with Gasteiger partial charge in [0, 0.05) is 7.05 Å². The van der Waals surface area contributed by atoms with Gasteiger partial charge in [0.25, 0.3) is 5.91 Å². The normalized spacial score (nSPS) is 11.2. The van der Waals surface area contributed by atoms with Gasteiger partial charge in [-0.3, -0.25) is 9.48 Å². The largest absolute Gasteiger partial charge is 0.494 e. The molecule has 126 valence electrons. The number of amides is 1. The molecule has 0 saturated heterocycles. The molecule has 0 aliphatic carbocycles. The summed E-state index contributed by atoms with van der Waals surface area (Å²) in [7, 11) is 3.29. The summed E-state index contributed by atoms with van der Waals surface area (Å²) in [5.74, 6) is 0.733. The summed E-state index contributed by atoms with van der Waals surface area (Å²) in [6.07, 6.45) is 0.821. The van der Waals surface area contributed by atoms with E-state index in [-0.39, 0.29) is 5.91 Å². The second-order valence-corrected chi connectivity index (χ2v) is 5.97. The van der Waals surface area contributed by atoms with Crippen LogP contribution in [0.25, 0.3) is 11.0 Å². The van der Waals surface area contributed by atoms with Gasteiger partial charge >= 0.3 is 0 Å². The molecule has 0 fully saturated rings. The minimum atomic E-state index is -0.269. The molecule has 0 aliphatic rings. The third-order valence-electron chi connectivity index (χ3n) is 3.63. The molecule has 1 aromatic carbocycles. The number of methoxy groups -OCH3 is 1. The van der Waals surface area contributed by atoms with Gasteiger partial charge in [-0.25, -0.2) is 4.63 Å². The zero-order chi connectivity index (χ0) is 17.3. The molecule has 2 heterocycles. The lowest BCUT2D eigenvalue weighted by atomic mass is 10.1. The maximum Gasteiger partial charge on any atom is 0.273 e. The summed E-state index contributed by atoms with van der Waals surface area (Å²) >= 11 is 0. The topological polar surface area (TPSA) is 95.1 Å². The fourth-order valence-corrected chi connectivity index (χ4v) is 2.55. The van der Waals surface area contributed by atoms with E-state index in [0.717, 1.165) is 12.1 Å². The number of nitrogens with one attached hydrogen (secondary N) is 1. The number of hydrogen-bond acceptors (Lipinski definition) is 6. The first kappa shape index (κ1) is 16.0. The summed E-state index contributed by atoms with van der Waals surface area (Å²) < 4.78 is 11.5. The van der Waals surface area contributed by atoms with E-state index in [1.165, 1.54) is 7.11 Å². The van der Waals surface area contributed by atoms with Crippen LogP contribution in [0.2, 0.25) is 0 Å². The van der Waals surface area contributed by atoms with Crippen LogP contribution in [0.3, 0.4) is 0 Å². The quantitative estimate of drug-likeness (QED) is 0.772. The lowest BCUT2D eigenvalue weighted by Crippen LogP contribution is -2.16. The molecule has 8 nitrogen and oxygen atoms in total. The van der Waals surface area contributed by atoms with Crippen molar-refractivity contribution in [2.75, 3.05) is 12.4 Å². The number of aryl methyl sites for hydroxylation is 1. The first-order valence-electron chi connectivity index (χ1n) is 7.63. The Morgan fingerprint density at radius 3 is 2.79 bits per heavy atom. The number of anilines is 1. The highest BCUT2D eigenvalue weighted by Crippen LogP contribution is 2.29. The number of carbonyl (C=O) groups excluding carboxylic acids is 1. The summed E-state index contributed by atoms with van der Waals surface area (Å²) in [4.78, 5) is 12.6. The van der Waals surface area contributed by atoms with Gasteiger partial charge in [-0.1, -0.05) is 13.8 Å². The molecule has 0 radical (unpaired) electrons. The first-order valence-corrected chi connectivity index (χ1v) is 7.63. The van der Waals surface area contributed by atoms with Gasteiger partial charge in [0.1, 0.15) is 5.69 Å². The van der Waals surface area contributed by atoms with E-state index in [2.05, 4.69) is 34.6 Å². The molecule has 8 heteroatoms. The van der Waals surface area contributed by atoms with E-state index in [1.807, 2.05) is 0 Å². The highest BCUT2D eigenvalue weighted by atomic mass is 16.6. The molecule has 3 rings (SSSR count). The van der Waals surface area contributed by atoms with Gasteiger partial charge in [-0.2, -0.15) is 5.10 Å². The Morgan fingerprint density at radius 1 is 1.33 bits per heavy atom. The number of rotatable bonds is 5. The number of aromatic nitrogens is 4. The summed E-state index contributed by atoms with van der Waals surface area (Å²) in [6.45, 7) is 4.22. The van der Waals surface area contributed by atoms with Gasteiger partial charge in [-0.05, 0) is 40.9 Å². The van der Waals surface area contributed by atoms with Gasteiger partial charge < -0.3 is 10.1 Å². The van der Waals surface area contributed by atoms with Gasteiger partial charge in [0.15, 0.2) is 16.8 Å². The van der Waals surface area contributed by atoms with Crippen molar-refractivity contribution in [1.29, 1.82) is 0 Å². The Kier molecular flexibility index (Phi) is 4.20. The van der Waals surface area contributed by atoms with Crippen LogP contribution >= 0.6 is 0 Å². The van der Waals surface area contributed by atoms with Crippen LogP contribution in [0.15, 0.2) is 22.8 Å². The SMILES string of the molecule is COc1ccc(NC(=O)c2cc(CC(C)C)nn2C)c2nonc12. The standard InChI is InChI=1S/C16H19N5O3/c1-9(2)7-10-8-12(21(3)18-10)16(22)17-11-5-6-13(23-4)15-14(11)19-24-20-15/h5-6,8-9H,7H2,1-4H3,(H,17,22). The van der Waals surface area contributed by atoms with E-state index in [1.54, 1.807) is 29.9 Å². The van der Waals surface area contributed by atoms with Gasteiger partial charge in [0.2, 0.25) is 0 Å². The molecule has 2 aromatic heterocycles. The Balaban J connectivity index is 1.88. The molecule has 0 unspecified atom stereocenters. The molecular weight excluding hydrogens is 310 g/mol. The predicted molar refractivity (Wildman–Crippen MR) is 88.1 cm³/mol. The van der Waals surface area contributed by atoms with Crippen molar-refractivity contribution in [3.05, 3.63) is 29.6 Å². The molecule has 0 saturated carbocycles. The zero-order valence-electron chi connectivity index (χ0n) is 14.0. The molecule has 1 amide bonds. The minimum Gasteiger partial charge on any atom is -0.494 e. The van der Waals surface area contributed by atoms with E-state index in [0.29, 0.717) is 34.1 Å². The monoisotopic (exact) mass is 329 g/mol. The lowest BCUT2D eigenvalue weighted by Gasteiger charge is -2.06. The van der Waals surface area contributed by atoms with Crippen molar-refractivity contribution in [3.8, 4) is 5.75 Å². The molecular formula is C16H19N5O3. The maximum atomic E-state index is 12.6. The summed E-state index contributed by atoms with van der Waals surface area (Å²) in [5, 5.41) is 14.9. The van der Waals surface area contributed by atoms with Crippen LogP contribution < -0.4 is 10.1 Å².